The first-order chi connectivity index (χ1) is 13.0. The molecule has 3 aromatic rings. The molecule has 27 heavy (non-hydrogen) atoms. The zero-order valence-corrected chi connectivity index (χ0v) is 16.0. The fourth-order valence-corrected chi connectivity index (χ4v) is 6.10. The molecule has 3 heterocycles. The van der Waals surface area contributed by atoms with E-state index in [0.717, 1.165) is 17.7 Å². The van der Waals surface area contributed by atoms with Crippen molar-refractivity contribution in [2.75, 3.05) is 18.4 Å². The molecule has 9 heteroatoms. The Labute approximate surface area is 160 Å². The van der Waals surface area contributed by atoms with E-state index in [1.807, 2.05) is 0 Å². The van der Waals surface area contributed by atoms with Crippen LogP contribution in [0.25, 0.3) is 10.6 Å². The molecule has 1 N–H and O–H groups in total. The highest BCUT2D eigenvalue weighted by Crippen LogP contribution is 2.32. The average molecular weight is 407 g/mol. The highest BCUT2D eigenvalue weighted by molar-refractivity contribution is 7.91. The number of aromatic nitrogens is 1. The standard InChI is InChI=1S/C18H18FN3O3S2/c19-13-3-1-4-14(11-13)20-15-5-2-9-22(12-15)27(23,24)18-7-6-17(26-18)16-8-10-25-21-16/h1,3-4,6-8,10-11,15,20H,2,5,9,12H2. The highest BCUT2D eigenvalue weighted by Gasteiger charge is 2.31. The number of piperidine rings is 1. The SMILES string of the molecule is O=S(=O)(c1ccc(-c2ccon2)s1)N1CCCC(Nc2cccc(F)c2)C1. The quantitative estimate of drug-likeness (QED) is 0.696. The third kappa shape index (κ3) is 3.90. The minimum Gasteiger partial charge on any atom is -0.381 e. The number of anilines is 1. The van der Waals surface area contributed by atoms with Gasteiger partial charge in [-0.15, -0.1) is 11.3 Å². The van der Waals surface area contributed by atoms with Crippen molar-refractivity contribution in [3.8, 4) is 10.6 Å². The minimum absolute atomic E-state index is 0.0645. The van der Waals surface area contributed by atoms with Gasteiger partial charge in [-0.05, 0) is 43.2 Å². The van der Waals surface area contributed by atoms with Gasteiger partial charge in [0.1, 0.15) is 22.0 Å². The molecule has 0 amide bonds. The van der Waals surface area contributed by atoms with Gasteiger partial charge in [0.25, 0.3) is 10.0 Å². The van der Waals surface area contributed by atoms with Crippen molar-refractivity contribution in [3.05, 3.63) is 54.5 Å². The van der Waals surface area contributed by atoms with E-state index in [0.29, 0.717) is 24.5 Å². The van der Waals surface area contributed by atoms with Gasteiger partial charge in [0.05, 0.1) is 4.88 Å². The van der Waals surface area contributed by atoms with Gasteiger partial charge in [-0.25, -0.2) is 12.8 Å². The molecule has 0 saturated carbocycles. The Bertz CT molecular complexity index is 1020. The third-order valence-electron chi connectivity index (χ3n) is 4.45. The smallest absolute Gasteiger partial charge is 0.252 e. The van der Waals surface area contributed by atoms with Crippen LogP contribution in [0.4, 0.5) is 10.1 Å². The molecule has 4 rings (SSSR count). The molecule has 0 aliphatic carbocycles. The molecule has 1 aromatic carbocycles. The minimum atomic E-state index is -3.59. The predicted octanol–water partition coefficient (Wildman–Crippen LogP) is 3.81. The maximum absolute atomic E-state index is 13.4. The number of sulfonamides is 1. The molecule has 2 aromatic heterocycles. The molecule has 142 valence electrons. The van der Waals surface area contributed by atoms with Crippen molar-refractivity contribution in [1.29, 1.82) is 0 Å². The summed E-state index contributed by atoms with van der Waals surface area (Å²) in [5, 5.41) is 7.08. The number of rotatable bonds is 5. The lowest BCUT2D eigenvalue weighted by atomic mass is 10.1. The number of halogens is 1. The van der Waals surface area contributed by atoms with Crippen LogP contribution in [0.2, 0.25) is 0 Å². The zero-order valence-electron chi connectivity index (χ0n) is 14.3. The van der Waals surface area contributed by atoms with Crippen LogP contribution in [0.1, 0.15) is 12.8 Å². The van der Waals surface area contributed by atoms with Crippen molar-refractivity contribution < 1.29 is 17.3 Å². The Morgan fingerprint density at radius 2 is 2.15 bits per heavy atom. The number of nitrogens with one attached hydrogen (secondary N) is 1. The first-order valence-corrected chi connectivity index (χ1v) is 10.8. The normalized spacial score (nSPS) is 18.5. The van der Waals surface area contributed by atoms with Crippen LogP contribution in [-0.4, -0.2) is 37.0 Å². The summed E-state index contributed by atoms with van der Waals surface area (Å²) in [6.07, 6.45) is 3.03. The summed E-state index contributed by atoms with van der Waals surface area (Å²) in [7, 11) is -3.59. The lowest BCUT2D eigenvalue weighted by Gasteiger charge is -2.32. The van der Waals surface area contributed by atoms with Crippen LogP contribution in [0.3, 0.4) is 0 Å². The molecule has 1 saturated heterocycles. The van der Waals surface area contributed by atoms with Crippen LogP contribution in [0.15, 0.2) is 57.5 Å². The molecule has 0 radical (unpaired) electrons. The second-order valence-electron chi connectivity index (χ2n) is 6.36. The van der Waals surface area contributed by atoms with Gasteiger partial charge >= 0.3 is 0 Å². The van der Waals surface area contributed by atoms with E-state index in [2.05, 4.69) is 10.5 Å². The molecule has 0 spiro atoms. The lowest BCUT2D eigenvalue weighted by molar-refractivity contribution is 0.327. The molecule has 1 aliphatic heterocycles. The first kappa shape index (κ1) is 18.1. The summed E-state index contributed by atoms with van der Waals surface area (Å²) in [6, 6.07) is 11.2. The summed E-state index contributed by atoms with van der Waals surface area (Å²) in [5.74, 6) is -0.320. The van der Waals surface area contributed by atoms with Crippen LogP contribution in [0, 0.1) is 5.82 Å². The van der Waals surface area contributed by atoms with Crippen LogP contribution in [-0.2, 0) is 10.0 Å². The van der Waals surface area contributed by atoms with E-state index in [9.17, 15) is 12.8 Å². The Kier molecular flexibility index (Phi) is 4.98. The average Bonchev–Trinajstić information content (AvgIpc) is 3.34. The molecule has 0 bridgehead atoms. The van der Waals surface area contributed by atoms with Gasteiger partial charge in [-0.3, -0.25) is 0 Å². The number of thiophene rings is 1. The zero-order chi connectivity index (χ0) is 18.9. The second-order valence-corrected chi connectivity index (χ2v) is 9.61. The second kappa shape index (κ2) is 7.41. The number of hydrogen-bond acceptors (Lipinski definition) is 6. The van der Waals surface area contributed by atoms with Gasteiger partial charge < -0.3 is 9.84 Å². The van der Waals surface area contributed by atoms with Crippen molar-refractivity contribution in [1.82, 2.24) is 9.46 Å². The number of nitrogens with zero attached hydrogens (tertiary/aromatic N) is 2. The Balaban J connectivity index is 1.50. The maximum Gasteiger partial charge on any atom is 0.252 e. The topological polar surface area (TPSA) is 75.4 Å². The summed E-state index contributed by atoms with van der Waals surface area (Å²) >= 11 is 1.18. The Hall–Kier alpha value is -2.23. The van der Waals surface area contributed by atoms with E-state index >= 15 is 0 Å². The number of hydrogen-bond donors (Lipinski definition) is 1. The predicted molar refractivity (Wildman–Crippen MR) is 102 cm³/mol. The van der Waals surface area contributed by atoms with Crippen LogP contribution in [0.5, 0.6) is 0 Å². The van der Waals surface area contributed by atoms with E-state index in [1.165, 1.54) is 34.0 Å². The van der Waals surface area contributed by atoms with Gasteiger partial charge in [0.15, 0.2) is 0 Å². The summed E-state index contributed by atoms with van der Waals surface area (Å²) in [6.45, 7) is 0.816. The first-order valence-electron chi connectivity index (χ1n) is 8.55. The molecule has 1 unspecified atom stereocenters. The highest BCUT2D eigenvalue weighted by atomic mass is 32.2. The lowest BCUT2D eigenvalue weighted by Crippen LogP contribution is -2.44. The molecule has 1 fully saturated rings. The van der Waals surface area contributed by atoms with Crippen molar-refractivity contribution in [2.45, 2.75) is 23.1 Å². The van der Waals surface area contributed by atoms with E-state index in [-0.39, 0.29) is 16.1 Å². The fraction of sp³-hybridized carbons (Fsp3) is 0.278. The van der Waals surface area contributed by atoms with E-state index < -0.39 is 10.0 Å². The fourth-order valence-electron chi connectivity index (χ4n) is 3.16. The van der Waals surface area contributed by atoms with Gasteiger partial charge in [0.2, 0.25) is 0 Å². The molecular formula is C18H18FN3O3S2. The Morgan fingerprint density at radius 1 is 1.26 bits per heavy atom. The monoisotopic (exact) mass is 407 g/mol. The van der Waals surface area contributed by atoms with Crippen molar-refractivity contribution >= 4 is 27.0 Å². The summed E-state index contributed by atoms with van der Waals surface area (Å²) < 4.78 is 46.0. The van der Waals surface area contributed by atoms with E-state index in [4.69, 9.17) is 4.52 Å². The van der Waals surface area contributed by atoms with Gasteiger partial charge in [0, 0.05) is 30.9 Å². The van der Waals surface area contributed by atoms with Gasteiger partial charge in [-0.2, -0.15) is 4.31 Å². The largest absolute Gasteiger partial charge is 0.381 e. The summed E-state index contributed by atoms with van der Waals surface area (Å²) in [4.78, 5) is 0.744. The van der Waals surface area contributed by atoms with Crippen molar-refractivity contribution in [3.63, 3.8) is 0 Å². The van der Waals surface area contributed by atoms with Gasteiger partial charge in [-0.1, -0.05) is 11.2 Å². The van der Waals surface area contributed by atoms with Crippen LogP contribution < -0.4 is 5.32 Å². The maximum atomic E-state index is 13.4. The molecular weight excluding hydrogens is 389 g/mol. The number of benzene rings is 1. The molecule has 6 nitrogen and oxygen atoms in total. The molecule has 1 atom stereocenters. The summed E-state index contributed by atoms with van der Waals surface area (Å²) in [5.41, 5.74) is 1.27. The van der Waals surface area contributed by atoms with E-state index in [1.54, 1.807) is 30.3 Å². The molecule has 1 aliphatic rings. The van der Waals surface area contributed by atoms with Crippen molar-refractivity contribution in [2.24, 2.45) is 0 Å². The third-order valence-corrected chi connectivity index (χ3v) is 7.89. The Morgan fingerprint density at radius 3 is 2.93 bits per heavy atom. The van der Waals surface area contributed by atoms with Crippen LogP contribution >= 0.6 is 11.3 Å².